The monoisotopic (exact) mass is 262 g/mol. The highest BCUT2D eigenvalue weighted by Crippen LogP contribution is 2.17. The van der Waals surface area contributed by atoms with Gasteiger partial charge in [-0.1, -0.05) is 6.07 Å². The van der Waals surface area contributed by atoms with Gasteiger partial charge in [0.15, 0.2) is 0 Å². The van der Waals surface area contributed by atoms with E-state index in [1.165, 1.54) is 4.88 Å². The van der Waals surface area contributed by atoms with Crippen molar-refractivity contribution in [1.29, 1.82) is 0 Å². The van der Waals surface area contributed by atoms with Crippen molar-refractivity contribution in [2.75, 3.05) is 11.9 Å². The number of rotatable bonds is 5. The minimum absolute atomic E-state index is 0.381. The Kier molecular flexibility index (Phi) is 4.28. The van der Waals surface area contributed by atoms with E-state index in [1.807, 2.05) is 7.05 Å². The average Bonchev–Trinajstić information content (AvgIpc) is 2.90. The Morgan fingerprint density at radius 2 is 2.28 bits per heavy atom. The van der Waals surface area contributed by atoms with Crippen molar-refractivity contribution in [3.05, 3.63) is 40.5 Å². The summed E-state index contributed by atoms with van der Waals surface area (Å²) in [6.07, 6.45) is 4.51. The number of thiophene rings is 1. The lowest BCUT2D eigenvalue weighted by atomic mass is 10.2. The largest absolute Gasteiger partial charge is 0.355 e. The zero-order chi connectivity index (χ0) is 13.0. The summed E-state index contributed by atoms with van der Waals surface area (Å²) < 4.78 is 0. The third-order valence-corrected chi connectivity index (χ3v) is 3.88. The Hall–Kier alpha value is -1.46. The molecular weight excluding hydrogens is 244 g/mol. The Balaban J connectivity index is 2.07. The number of anilines is 1. The summed E-state index contributed by atoms with van der Waals surface area (Å²) in [4.78, 5) is 12.2. The van der Waals surface area contributed by atoms with Crippen molar-refractivity contribution in [2.24, 2.45) is 5.73 Å². The number of nitrogens with two attached hydrogens (primary N) is 1. The van der Waals surface area contributed by atoms with E-state index in [0.29, 0.717) is 12.6 Å². The molecule has 18 heavy (non-hydrogen) atoms. The quantitative estimate of drug-likeness (QED) is 0.896. The fourth-order valence-electron chi connectivity index (χ4n) is 1.75. The Morgan fingerprint density at radius 3 is 2.94 bits per heavy atom. The maximum Gasteiger partial charge on any atom is 0.147 e. The van der Waals surface area contributed by atoms with E-state index in [9.17, 15) is 0 Å². The smallest absolute Gasteiger partial charge is 0.147 e. The summed E-state index contributed by atoms with van der Waals surface area (Å²) in [7, 11) is 2.04. The summed E-state index contributed by atoms with van der Waals surface area (Å²) in [6, 6.07) is 4.63. The molecule has 0 radical (unpaired) electrons. The molecule has 0 spiro atoms. The second-order valence-electron chi connectivity index (χ2n) is 4.32. The SMILES string of the molecule is CC(Cc1cccs1)N(C)c1cncc(CN)n1. The van der Waals surface area contributed by atoms with Crippen LogP contribution in [0.1, 0.15) is 17.5 Å². The molecule has 0 aliphatic carbocycles. The molecule has 0 aliphatic heterocycles. The Bertz CT molecular complexity index is 483. The van der Waals surface area contributed by atoms with Crippen LogP contribution in [-0.4, -0.2) is 23.1 Å². The van der Waals surface area contributed by atoms with E-state index in [4.69, 9.17) is 5.73 Å². The van der Waals surface area contributed by atoms with Crippen LogP contribution in [-0.2, 0) is 13.0 Å². The third-order valence-electron chi connectivity index (χ3n) is 2.98. The number of nitrogens with zero attached hydrogens (tertiary/aromatic N) is 3. The van der Waals surface area contributed by atoms with Gasteiger partial charge in [-0.2, -0.15) is 0 Å². The number of likely N-dealkylation sites (N-methyl/N-ethyl adjacent to an activating group) is 1. The molecule has 2 heterocycles. The van der Waals surface area contributed by atoms with E-state index in [0.717, 1.165) is 17.9 Å². The van der Waals surface area contributed by atoms with E-state index >= 15 is 0 Å². The first-order valence-electron chi connectivity index (χ1n) is 5.97. The zero-order valence-electron chi connectivity index (χ0n) is 10.7. The zero-order valence-corrected chi connectivity index (χ0v) is 11.5. The van der Waals surface area contributed by atoms with Crippen LogP contribution in [0.15, 0.2) is 29.9 Å². The van der Waals surface area contributed by atoms with Gasteiger partial charge < -0.3 is 10.6 Å². The van der Waals surface area contributed by atoms with Gasteiger partial charge >= 0.3 is 0 Å². The molecule has 1 unspecified atom stereocenters. The maximum atomic E-state index is 5.59. The van der Waals surface area contributed by atoms with Gasteiger partial charge in [-0.3, -0.25) is 4.98 Å². The van der Waals surface area contributed by atoms with Gasteiger partial charge in [-0.15, -0.1) is 11.3 Å². The van der Waals surface area contributed by atoms with Crippen molar-refractivity contribution in [3.8, 4) is 0 Å². The molecule has 0 aromatic carbocycles. The molecular formula is C13H18N4S. The van der Waals surface area contributed by atoms with E-state index in [1.54, 1.807) is 23.7 Å². The van der Waals surface area contributed by atoms with Crippen molar-refractivity contribution in [1.82, 2.24) is 9.97 Å². The predicted molar refractivity (Wildman–Crippen MR) is 75.8 cm³/mol. The second-order valence-corrected chi connectivity index (χ2v) is 5.35. The first-order valence-corrected chi connectivity index (χ1v) is 6.85. The molecule has 96 valence electrons. The van der Waals surface area contributed by atoms with E-state index < -0.39 is 0 Å². The first-order chi connectivity index (χ1) is 8.70. The summed E-state index contributed by atoms with van der Waals surface area (Å²) in [5.74, 6) is 0.877. The summed E-state index contributed by atoms with van der Waals surface area (Å²) in [6.45, 7) is 2.62. The molecule has 5 heteroatoms. The lowest BCUT2D eigenvalue weighted by Gasteiger charge is -2.25. The fourth-order valence-corrected chi connectivity index (χ4v) is 2.57. The fraction of sp³-hybridized carbons (Fsp3) is 0.385. The van der Waals surface area contributed by atoms with Crippen LogP contribution in [0.25, 0.3) is 0 Å². The van der Waals surface area contributed by atoms with Crippen molar-refractivity contribution in [3.63, 3.8) is 0 Å². The first kappa shape index (κ1) is 13.0. The highest BCUT2D eigenvalue weighted by Gasteiger charge is 2.13. The molecule has 2 aromatic rings. The van der Waals surface area contributed by atoms with Crippen LogP contribution >= 0.6 is 11.3 Å². The minimum Gasteiger partial charge on any atom is -0.355 e. The van der Waals surface area contributed by atoms with Crippen LogP contribution in [0.5, 0.6) is 0 Å². The molecule has 2 rings (SSSR count). The summed E-state index contributed by atoms with van der Waals surface area (Å²) in [5.41, 5.74) is 6.41. The molecule has 0 fully saturated rings. The molecule has 0 amide bonds. The minimum atomic E-state index is 0.381. The number of hydrogen-bond acceptors (Lipinski definition) is 5. The Labute approximate surface area is 111 Å². The van der Waals surface area contributed by atoms with Gasteiger partial charge in [-0.25, -0.2) is 4.98 Å². The van der Waals surface area contributed by atoms with Crippen LogP contribution in [0, 0.1) is 0 Å². The van der Waals surface area contributed by atoms with Gasteiger partial charge in [0.25, 0.3) is 0 Å². The number of aromatic nitrogens is 2. The normalized spacial score (nSPS) is 12.4. The van der Waals surface area contributed by atoms with Gasteiger partial charge in [0.2, 0.25) is 0 Å². The summed E-state index contributed by atoms with van der Waals surface area (Å²) >= 11 is 1.79. The molecule has 2 aromatic heterocycles. The van der Waals surface area contributed by atoms with Gasteiger partial charge in [0.1, 0.15) is 5.82 Å². The number of hydrogen-bond donors (Lipinski definition) is 1. The van der Waals surface area contributed by atoms with Crippen molar-refractivity contribution in [2.45, 2.75) is 25.9 Å². The van der Waals surface area contributed by atoms with Crippen molar-refractivity contribution >= 4 is 17.2 Å². The molecule has 0 aliphatic rings. The molecule has 4 nitrogen and oxygen atoms in total. The maximum absolute atomic E-state index is 5.59. The van der Waals surface area contributed by atoms with E-state index in [-0.39, 0.29) is 0 Å². The summed E-state index contributed by atoms with van der Waals surface area (Å²) in [5, 5.41) is 2.11. The average molecular weight is 262 g/mol. The van der Waals surface area contributed by atoms with Crippen LogP contribution in [0.2, 0.25) is 0 Å². The lowest BCUT2D eigenvalue weighted by molar-refractivity contribution is 0.676. The van der Waals surface area contributed by atoms with Crippen LogP contribution in [0.3, 0.4) is 0 Å². The highest BCUT2D eigenvalue weighted by molar-refractivity contribution is 7.09. The predicted octanol–water partition coefficient (Wildman–Crippen LogP) is 2.06. The van der Waals surface area contributed by atoms with Crippen LogP contribution in [0.4, 0.5) is 5.82 Å². The second kappa shape index (κ2) is 5.93. The van der Waals surface area contributed by atoms with Crippen molar-refractivity contribution < 1.29 is 0 Å². The standard InChI is InChI=1S/C13H18N4S/c1-10(6-12-4-3-5-18-12)17(2)13-9-15-8-11(7-14)16-13/h3-5,8-10H,6-7,14H2,1-2H3. The van der Waals surface area contributed by atoms with E-state index in [2.05, 4.69) is 39.3 Å². The molecule has 0 saturated carbocycles. The lowest BCUT2D eigenvalue weighted by Crippen LogP contribution is -2.31. The highest BCUT2D eigenvalue weighted by atomic mass is 32.1. The van der Waals surface area contributed by atoms with Gasteiger partial charge in [0, 0.05) is 37.1 Å². The van der Waals surface area contributed by atoms with Crippen LogP contribution < -0.4 is 10.6 Å². The third kappa shape index (κ3) is 3.05. The molecule has 0 saturated heterocycles. The molecule has 1 atom stereocenters. The topological polar surface area (TPSA) is 55.0 Å². The molecule has 2 N–H and O–H groups in total. The van der Waals surface area contributed by atoms with Gasteiger partial charge in [0.05, 0.1) is 11.9 Å². The van der Waals surface area contributed by atoms with Gasteiger partial charge in [-0.05, 0) is 18.4 Å². The molecule has 0 bridgehead atoms. The Morgan fingerprint density at radius 1 is 1.44 bits per heavy atom.